The summed E-state index contributed by atoms with van der Waals surface area (Å²) >= 11 is 5.70. The lowest BCUT2D eigenvalue weighted by molar-refractivity contribution is -0.145. The van der Waals surface area contributed by atoms with Gasteiger partial charge in [0.15, 0.2) is 0 Å². The lowest BCUT2D eigenvalue weighted by Gasteiger charge is -2.17. The maximum Gasteiger partial charge on any atom is 0.310 e. The molecule has 0 spiro atoms. The topological polar surface area (TPSA) is 38.3 Å². The Labute approximate surface area is 116 Å². The van der Waals surface area contributed by atoms with E-state index >= 15 is 0 Å². The maximum atomic E-state index is 13.8. The molecule has 18 heavy (non-hydrogen) atoms. The number of ether oxygens (including phenoxy) is 1. The van der Waals surface area contributed by atoms with Crippen LogP contribution in [0.5, 0.6) is 0 Å². The number of benzene rings is 1. The van der Waals surface area contributed by atoms with Crippen molar-refractivity contribution in [1.29, 1.82) is 0 Å². The number of hydrogen-bond acceptors (Lipinski definition) is 3. The van der Waals surface area contributed by atoms with Crippen molar-refractivity contribution in [3.63, 3.8) is 0 Å². The molecule has 1 saturated heterocycles. The molecule has 1 aliphatic rings. The van der Waals surface area contributed by atoms with Crippen molar-refractivity contribution in [3.8, 4) is 0 Å². The second kappa shape index (κ2) is 6.36. The minimum atomic E-state index is -0.375. The fourth-order valence-corrected chi connectivity index (χ4v) is 2.37. The van der Waals surface area contributed by atoms with Crippen molar-refractivity contribution in [1.82, 2.24) is 5.32 Å². The van der Waals surface area contributed by atoms with Crippen LogP contribution >= 0.6 is 24.0 Å². The monoisotopic (exact) mass is 293 g/mol. The molecule has 1 heterocycles. The Morgan fingerprint density at radius 2 is 2.22 bits per heavy atom. The van der Waals surface area contributed by atoms with Crippen molar-refractivity contribution < 1.29 is 13.9 Å². The Bertz CT molecular complexity index is 442. The standard InChI is InChI=1S/C12H13ClFNO2.ClH/c1-17-12(16)10-6-15-5-9(10)8-3-2-7(13)4-11(8)14;/h2-4,9-10,15H,5-6H2,1H3;1H/t9-,10+;/m0./s1. The highest BCUT2D eigenvalue weighted by Crippen LogP contribution is 2.31. The molecule has 1 aliphatic heterocycles. The van der Waals surface area contributed by atoms with Crippen molar-refractivity contribution in [3.05, 3.63) is 34.6 Å². The molecule has 100 valence electrons. The summed E-state index contributed by atoms with van der Waals surface area (Å²) < 4.78 is 18.5. The van der Waals surface area contributed by atoms with E-state index in [1.165, 1.54) is 13.2 Å². The molecule has 2 rings (SSSR count). The lowest BCUT2D eigenvalue weighted by Crippen LogP contribution is -2.23. The Morgan fingerprint density at radius 1 is 1.50 bits per heavy atom. The first-order chi connectivity index (χ1) is 8.13. The molecule has 1 aromatic rings. The summed E-state index contributed by atoms with van der Waals surface area (Å²) in [4.78, 5) is 11.6. The van der Waals surface area contributed by atoms with Crippen LogP contribution in [0.1, 0.15) is 11.5 Å². The summed E-state index contributed by atoms with van der Waals surface area (Å²) in [5.41, 5.74) is 0.509. The van der Waals surface area contributed by atoms with E-state index in [2.05, 4.69) is 5.32 Å². The smallest absolute Gasteiger partial charge is 0.310 e. The highest BCUT2D eigenvalue weighted by molar-refractivity contribution is 6.30. The van der Waals surface area contributed by atoms with Gasteiger partial charge in [0.1, 0.15) is 5.82 Å². The van der Waals surface area contributed by atoms with Gasteiger partial charge in [0.05, 0.1) is 13.0 Å². The SMILES string of the molecule is COC(=O)[C@@H]1CNC[C@H]1c1ccc(Cl)cc1F.Cl. The Kier molecular flexibility index (Phi) is 5.38. The molecule has 0 radical (unpaired) electrons. The molecule has 0 unspecified atom stereocenters. The van der Waals surface area contributed by atoms with Gasteiger partial charge in [0, 0.05) is 24.0 Å². The predicted octanol–water partition coefficient (Wildman–Crippen LogP) is 2.38. The van der Waals surface area contributed by atoms with E-state index in [1.807, 2.05) is 0 Å². The molecule has 0 amide bonds. The Hall–Kier alpha value is -0.840. The van der Waals surface area contributed by atoms with Crippen LogP contribution < -0.4 is 5.32 Å². The summed E-state index contributed by atoms with van der Waals surface area (Å²) in [6.45, 7) is 1.08. The van der Waals surface area contributed by atoms with Crippen LogP contribution in [0.2, 0.25) is 5.02 Å². The molecule has 1 N–H and O–H groups in total. The number of rotatable bonds is 2. The summed E-state index contributed by atoms with van der Waals surface area (Å²) in [6.07, 6.45) is 0. The first-order valence-corrected chi connectivity index (χ1v) is 5.74. The number of nitrogens with one attached hydrogen (secondary N) is 1. The average Bonchev–Trinajstić information content (AvgIpc) is 2.77. The number of hydrogen-bond donors (Lipinski definition) is 1. The van der Waals surface area contributed by atoms with Gasteiger partial charge in [-0.25, -0.2) is 4.39 Å². The Balaban J connectivity index is 0.00000162. The van der Waals surface area contributed by atoms with Gasteiger partial charge in [-0.3, -0.25) is 4.79 Å². The zero-order valence-electron chi connectivity index (χ0n) is 9.78. The van der Waals surface area contributed by atoms with Crippen molar-refractivity contribution in [2.75, 3.05) is 20.2 Å². The molecule has 0 aromatic heterocycles. The number of esters is 1. The van der Waals surface area contributed by atoms with Crippen LogP contribution in [0.25, 0.3) is 0 Å². The third-order valence-electron chi connectivity index (χ3n) is 3.08. The number of methoxy groups -OCH3 is 1. The van der Waals surface area contributed by atoms with E-state index in [9.17, 15) is 9.18 Å². The van der Waals surface area contributed by atoms with Gasteiger partial charge in [-0.05, 0) is 17.7 Å². The van der Waals surface area contributed by atoms with Crippen molar-refractivity contribution in [2.45, 2.75) is 5.92 Å². The van der Waals surface area contributed by atoms with Crippen LogP contribution in [0, 0.1) is 11.7 Å². The zero-order chi connectivity index (χ0) is 12.4. The van der Waals surface area contributed by atoms with Crippen LogP contribution in [-0.4, -0.2) is 26.2 Å². The van der Waals surface area contributed by atoms with Gasteiger partial charge in [0.2, 0.25) is 0 Å². The van der Waals surface area contributed by atoms with Crippen LogP contribution in [0.4, 0.5) is 4.39 Å². The Morgan fingerprint density at radius 3 is 2.83 bits per heavy atom. The van der Waals surface area contributed by atoms with E-state index < -0.39 is 0 Å². The van der Waals surface area contributed by atoms with E-state index in [1.54, 1.807) is 12.1 Å². The van der Waals surface area contributed by atoms with Gasteiger partial charge >= 0.3 is 5.97 Å². The van der Waals surface area contributed by atoms with E-state index in [0.717, 1.165) is 0 Å². The summed E-state index contributed by atoms with van der Waals surface area (Å²) in [5, 5.41) is 3.43. The number of carbonyl (C=O) groups is 1. The molecule has 0 bridgehead atoms. The molecule has 0 saturated carbocycles. The first kappa shape index (κ1) is 15.2. The van der Waals surface area contributed by atoms with Crippen molar-refractivity contribution >= 4 is 30.0 Å². The van der Waals surface area contributed by atoms with Gasteiger partial charge in [0.25, 0.3) is 0 Å². The first-order valence-electron chi connectivity index (χ1n) is 5.37. The van der Waals surface area contributed by atoms with E-state index in [-0.39, 0.29) is 36.0 Å². The number of carbonyl (C=O) groups excluding carboxylic acids is 1. The molecule has 0 aliphatic carbocycles. The van der Waals surface area contributed by atoms with E-state index in [0.29, 0.717) is 23.7 Å². The minimum absolute atomic E-state index is 0. The van der Waals surface area contributed by atoms with Gasteiger partial charge < -0.3 is 10.1 Å². The fourth-order valence-electron chi connectivity index (χ4n) is 2.21. The third kappa shape index (κ3) is 2.94. The quantitative estimate of drug-likeness (QED) is 0.851. The van der Waals surface area contributed by atoms with Gasteiger partial charge in [-0.15, -0.1) is 12.4 Å². The average molecular weight is 294 g/mol. The lowest BCUT2D eigenvalue weighted by atomic mass is 9.88. The van der Waals surface area contributed by atoms with E-state index in [4.69, 9.17) is 16.3 Å². The third-order valence-corrected chi connectivity index (χ3v) is 3.32. The molecular weight excluding hydrogens is 280 g/mol. The van der Waals surface area contributed by atoms with Crippen molar-refractivity contribution in [2.24, 2.45) is 5.92 Å². The normalized spacial score (nSPS) is 22.4. The largest absolute Gasteiger partial charge is 0.469 e. The highest BCUT2D eigenvalue weighted by Gasteiger charge is 2.36. The number of halogens is 3. The van der Waals surface area contributed by atoms with Gasteiger partial charge in [-0.1, -0.05) is 17.7 Å². The molecule has 1 aromatic carbocycles. The molecular formula is C12H14Cl2FNO2. The highest BCUT2D eigenvalue weighted by atomic mass is 35.5. The summed E-state index contributed by atoms with van der Waals surface area (Å²) in [6, 6.07) is 4.53. The molecule has 1 fully saturated rings. The predicted molar refractivity (Wildman–Crippen MR) is 69.8 cm³/mol. The second-order valence-corrected chi connectivity index (χ2v) is 4.50. The maximum absolute atomic E-state index is 13.8. The van der Waals surface area contributed by atoms with Crippen LogP contribution in [0.3, 0.4) is 0 Å². The van der Waals surface area contributed by atoms with Crippen LogP contribution in [-0.2, 0) is 9.53 Å². The molecule has 2 atom stereocenters. The van der Waals surface area contributed by atoms with Gasteiger partial charge in [-0.2, -0.15) is 0 Å². The summed E-state index contributed by atoms with van der Waals surface area (Å²) in [5.74, 6) is -1.22. The van der Waals surface area contributed by atoms with Crippen LogP contribution in [0.15, 0.2) is 18.2 Å². The minimum Gasteiger partial charge on any atom is -0.469 e. The summed E-state index contributed by atoms with van der Waals surface area (Å²) in [7, 11) is 1.34. The molecule has 3 nitrogen and oxygen atoms in total. The second-order valence-electron chi connectivity index (χ2n) is 4.06. The zero-order valence-corrected chi connectivity index (χ0v) is 11.4. The fraction of sp³-hybridized carbons (Fsp3) is 0.417. The molecule has 6 heteroatoms.